The number of β-amino-alcohol motifs (C(OH)–C–C–N with tert-alkyl or cyclic N) is 1. The van der Waals surface area contributed by atoms with Gasteiger partial charge in [-0.15, -0.1) is 0 Å². The van der Waals surface area contributed by atoms with E-state index in [0.29, 0.717) is 25.1 Å². The molecule has 1 N–H and O–H groups in total. The number of hydrogen-bond donors (Lipinski definition) is 1. The number of aliphatic hydroxyl groups is 1. The van der Waals surface area contributed by atoms with Gasteiger partial charge in [-0.3, -0.25) is 4.90 Å². The highest BCUT2D eigenvalue weighted by molar-refractivity contribution is 5.24. The molecular formula is C14H18F2NO. The van der Waals surface area contributed by atoms with E-state index in [9.17, 15) is 13.9 Å². The van der Waals surface area contributed by atoms with Crippen LogP contribution < -0.4 is 0 Å². The monoisotopic (exact) mass is 254 g/mol. The number of likely N-dealkylation sites (tertiary alicyclic amines) is 1. The van der Waals surface area contributed by atoms with Crippen molar-refractivity contribution in [1.29, 1.82) is 0 Å². The van der Waals surface area contributed by atoms with Gasteiger partial charge in [-0.2, -0.15) is 0 Å². The topological polar surface area (TPSA) is 23.5 Å². The van der Waals surface area contributed by atoms with Crippen LogP contribution in [0.2, 0.25) is 0 Å². The van der Waals surface area contributed by atoms with Gasteiger partial charge in [0.1, 0.15) is 11.6 Å². The van der Waals surface area contributed by atoms with E-state index >= 15 is 0 Å². The Balaban J connectivity index is 2.26. The van der Waals surface area contributed by atoms with Crippen molar-refractivity contribution in [1.82, 2.24) is 4.90 Å². The van der Waals surface area contributed by atoms with E-state index in [4.69, 9.17) is 0 Å². The Bertz CT molecular complexity index is 422. The lowest BCUT2D eigenvalue weighted by molar-refractivity contribution is 0.177. The van der Waals surface area contributed by atoms with E-state index in [-0.39, 0.29) is 6.04 Å². The van der Waals surface area contributed by atoms with Crippen LogP contribution in [0.25, 0.3) is 0 Å². The maximum Gasteiger partial charge on any atom is 0.128 e. The standard InChI is InChI=1S/C14H18F2NO/c1-9(2)7-17-8-11(18)6-14(17)12-5-10(15)3-4-13(12)16/h3-5,11,14,18H,6-8H2,1-2H3/t11-,14?/m1/s1. The Labute approximate surface area is 106 Å². The molecule has 1 aromatic carbocycles. The summed E-state index contributed by atoms with van der Waals surface area (Å²) in [6.07, 6.45) is -0.0229. The lowest BCUT2D eigenvalue weighted by Crippen LogP contribution is -2.28. The van der Waals surface area contributed by atoms with Gasteiger partial charge >= 0.3 is 0 Å². The van der Waals surface area contributed by atoms with Crippen LogP contribution in [-0.4, -0.2) is 29.2 Å². The predicted molar refractivity (Wildman–Crippen MR) is 65.9 cm³/mol. The fourth-order valence-corrected chi connectivity index (χ4v) is 2.55. The first-order chi connectivity index (χ1) is 8.47. The molecule has 1 aromatic rings. The average Bonchev–Trinajstić information content (AvgIpc) is 2.62. The third-order valence-electron chi connectivity index (χ3n) is 3.22. The Morgan fingerprint density at radius 1 is 1.39 bits per heavy atom. The Hall–Kier alpha value is -1.00. The Morgan fingerprint density at radius 2 is 2.11 bits per heavy atom. The van der Waals surface area contributed by atoms with E-state index in [0.717, 1.165) is 12.1 Å². The van der Waals surface area contributed by atoms with Gasteiger partial charge in [0.15, 0.2) is 0 Å². The summed E-state index contributed by atoms with van der Waals surface area (Å²) in [4.78, 5) is 2.00. The summed E-state index contributed by atoms with van der Waals surface area (Å²) in [6.45, 7) is 5.18. The molecule has 1 unspecified atom stereocenters. The lowest BCUT2D eigenvalue weighted by Gasteiger charge is -2.26. The lowest BCUT2D eigenvalue weighted by atomic mass is 10.0. The molecule has 0 amide bonds. The maximum absolute atomic E-state index is 13.8. The van der Waals surface area contributed by atoms with E-state index < -0.39 is 17.7 Å². The second-order valence-corrected chi connectivity index (χ2v) is 5.21. The maximum atomic E-state index is 13.8. The molecule has 4 heteroatoms. The summed E-state index contributed by atoms with van der Waals surface area (Å²) in [5.74, 6) is 0.338. The quantitative estimate of drug-likeness (QED) is 0.896. The second kappa shape index (κ2) is 5.33. The van der Waals surface area contributed by atoms with Crippen molar-refractivity contribution < 1.29 is 13.9 Å². The molecular weight excluding hydrogens is 236 g/mol. The summed E-state index contributed by atoms with van der Waals surface area (Å²) in [5, 5.41) is 9.74. The van der Waals surface area contributed by atoms with Crippen molar-refractivity contribution in [2.45, 2.75) is 32.4 Å². The van der Waals surface area contributed by atoms with Crippen molar-refractivity contribution >= 4 is 0 Å². The molecule has 2 nitrogen and oxygen atoms in total. The zero-order valence-corrected chi connectivity index (χ0v) is 10.7. The molecule has 1 radical (unpaired) electrons. The van der Waals surface area contributed by atoms with Crippen molar-refractivity contribution in [3.05, 3.63) is 41.3 Å². The molecule has 0 aromatic heterocycles. The van der Waals surface area contributed by atoms with Crippen molar-refractivity contribution in [3.8, 4) is 0 Å². The molecule has 18 heavy (non-hydrogen) atoms. The number of rotatable bonds is 3. The molecule has 2 atom stereocenters. The van der Waals surface area contributed by atoms with Gasteiger partial charge in [0.25, 0.3) is 0 Å². The van der Waals surface area contributed by atoms with Crippen molar-refractivity contribution in [2.24, 2.45) is 0 Å². The first kappa shape index (κ1) is 13.4. The molecule has 1 aliphatic rings. The second-order valence-electron chi connectivity index (χ2n) is 5.21. The minimum Gasteiger partial charge on any atom is -0.392 e. The fourth-order valence-electron chi connectivity index (χ4n) is 2.55. The molecule has 1 saturated heterocycles. The molecule has 2 rings (SSSR count). The van der Waals surface area contributed by atoms with Crippen LogP contribution in [0.4, 0.5) is 8.78 Å². The van der Waals surface area contributed by atoms with Crippen LogP contribution in [0.5, 0.6) is 0 Å². The zero-order chi connectivity index (χ0) is 13.3. The highest BCUT2D eigenvalue weighted by atomic mass is 19.1. The van der Waals surface area contributed by atoms with Gasteiger partial charge in [-0.1, -0.05) is 13.8 Å². The third-order valence-corrected chi connectivity index (χ3v) is 3.22. The van der Waals surface area contributed by atoms with E-state index in [1.807, 2.05) is 18.7 Å². The molecule has 0 saturated carbocycles. The Kier molecular flexibility index (Phi) is 3.97. The number of halogens is 2. The number of benzene rings is 1. The van der Waals surface area contributed by atoms with E-state index in [1.54, 1.807) is 0 Å². The minimum atomic E-state index is -0.475. The molecule has 1 heterocycles. The summed E-state index contributed by atoms with van der Waals surface area (Å²) in [7, 11) is 0. The minimum absolute atomic E-state index is 0.245. The van der Waals surface area contributed by atoms with Crippen molar-refractivity contribution in [2.75, 3.05) is 13.1 Å². The van der Waals surface area contributed by atoms with Crippen LogP contribution in [0.15, 0.2) is 18.2 Å². The van der Waals surface area contributed by atoms with Crippen LogP contribution in [-0.2, 0) is 0 Å². The van der Waals surface area contributed by atoms with Crippen molar-refractivity contribution in [3.63, 3.8) is 0 Å². The summed E-state index contributed by atoms with van der Waals surface area (Å²) in [6, 6.07) is 3.25. The molecule has 0 aliphatic carbocycles. The summed E-state index contributed by atoms with van der Waals surface area (Å²) in [5.41, 5.74) is 0.341. The molecule has 99 valence electrons. The summed E-state index contributed by atoms with van der Waals surface area (Å²) < 4.78 is 27.0. The Morgan fingerprint density at radius 3 is 2.78 bits per heavy atom. The average molecular weight is 254 g/mol. The highest BCUT2D eigenvalue weighted by Gasteiger charge is 2.33. The summed E-state index contributed by atoms with van der Waals surface area (Å²) >= 11 is 0. The fraction of sp³-hybridized carbons (Fsp3) is 0.500. The van der Waals surface area contributed by atoms with Crippen LogP contribution in [0.1, 0.15) is 31.9 Å². The van der Waals surface area contributed by atoms with Gasteiger partial charge in [0.2, 0.25) is 0 Å². The van der Waals surface area contributed by atoms with Crippen LogP contribution in [0, 0.1) is 17.6 Å². The van der Waals surface area contributed by atoms with E-state index in [1.165, 1.54) is 12.0 Å². The first-order valence-electron chi connectivity index (χ1n) is 6.13. The van der Waals surface area contributed by atoms with Crippen LogP contribution >= 0.6 is 0 Å². The smallest absolute Gasteiger partial charge is 0.128 e. The molecule has 1 aliphatic heterocycles. The zero-order valence-electron chi connectivity index (χ0n) is 10.7. The molecule has 1 fully saturated rings. The number of hydrogen-bond acceptors (Lipinski definition) is 2. The van der Waals surface area contributed by atoms with Gasteiger partial charge < -0.3 is 5.11 Å². The predicted octanol–water partition coefficient (Wildman–Crippen LogP) is 2.69. The number of nitrogens with zero attached hydrogens (tertiary/aromatic N) is 1. The van der Waals surface area contributed by atoms with Gasteiger partial charge in [-0.05, 0) is 30.5 Å². The molecule has 0 bridgehead atoms. The SMILES string of the molecule is C[C](C)CN1C[C@H](O)CC1c1cc(F)ccc1F. The normalized spacial score (nSPS) is 25.0. The van der Waals surface area contributed by atoms with E-state index in [2.05, 4.69) is 0 Å². The third kappa shape index (κ3) is 2.87. The van der Waals surface area contributed by atoms with Gasteiger partial charge in [0, 0.05) is 24.7 Å². The molecule has 0 spiro atoms. The van der Waals surface area contributed by atoms with Gasteiger partial charge in [0.05, 0.1) is 6.10 Å². The van der Waals surface area contributed by atoms with Crippen LogP contribution in [0.3, 0.4) is 0 Å². The first-order valence-corrected chi connectivity index (χ1v) is 6.13. The van der Waals surface area contributed by atoms with Gasteiger partial charge in [-0.25, -0.2) is 8.78 Å². The largest absolute Gasteiger partial charge is 0.392 e. The highest BCUT2D eigenvalue weighted by Crippen LogP contribution is 2.34. The number of aliphatic hydroxyl groups excluding tert-OH is 1.